The van der Waals surface area contributed by atoms with E-state index in [9.17, 15) is 4.79 Å². The molecule has 2 unspecified atom stereocenters. The first-order valence-electron chi connectivity index (χ1n) is 12.5. The number of fused-ring (bicyclic) bond motifs is 1. The van der Waals surface area contributed by atoms with Crippen LogP contribution in [0.2, 0.25) is 0 Å². The predicted octanol–water partition coefficient (Wildman–Crippen LogP) is 5.87. The minimum atomic E-state index is 0.0947. The second kappa shape index (κ2) is 11.7. The van der Waals surface area contributed by atoms with E-state index < -0.39 is 0 Å². The second-order valence-corrected chi connectivity index (χ2v) is 10.2. The molecule has 0 spiro atoms. The van der Waals surface area contributed by atoms with Crippen molar-refractivity contribution >= 4 is 5.91 Å². The molecule has 0 N–H and O–H groups in total. The molecule has 0 aromatic heterocycles. The van der Waals surface area contributed by atoms with Crippen LogP contribution in [0, 0.1) is 11.8 Å². The van der Waals surface area contributed by atoms with Crippen LogP contribution in [0.25, 0.3) is 0 Å². The Hall–Kier alpha value is -2.89. The molecule has 6 nitrogen and oxygen atoms in total. The largest absolute Gasteiger partial charge is 0.493 e. The monoisotopic (exact) mass is 483 g/mol. The Labute approximate surface area is 210 Å². The van der Waals surface area contributed by atoms with Gasteiger partial charge in [-0.2, -0.15) is 0 Å². The predicted molar refractivity (Wildman–Crippen MR) is 139 cm³/mol. The summed E-state index contributed by atoms with van der Waals surface area (Å²) in [4.78, 5) is 15.6. The Morgan fingerprint density at radius 2 is 1.31 bits per heavy atom. The normalized spacial score (nSPS) is 16.9. The SMILES string of the molecule is COc1ccc(C2CC(CC(=O)N(CC(C)C)CC(C)C)c3cc(OC)c(OC)cc32)cc1OC. The number of nitrogens with zero attached hydrogens (tertiary/aromatic N) is 1. The van der Waals surface area contributed by atoms with Crippen molar-refractivity contribution in [2.45, 2.75) is 52.4 Å². The Kier molecular flexibility index (Phi) is 8.92. The summed E-state index contributed by atoms with van der Waals surface area (Å²) in [6.45, 7) is 10.2. The van der Waals surface area contributed by atoms with Crippen molar-refractivity contribution in [2.24, 2.45) is 11.8 Å². The van der Waals surface area contributed by atoms with Crippen molar-refractivity contribution in [3.63, 3.8) is 0 Å². The van der Waals surface area contributed by atoms with Gasteiger partial charge in [0.2, 0.25) is 5.91 Å². The first kappa shape index (κ1) is 26.7. The van der Waals surface area contributed by atoms with Gasteiger partial charge in [0.05, 0.1) is 28.4 Å². The molecular formula is C29H41NO5. The molecule has 0 radical (unpaired) electrons. The Morgan fingerprint density at radius 3 is 1.83 bits per heavy atom. The second-order valence-electron chi connectivity index (χ2n) is 10.2. The lowest BCUT2D eigenvalue weighted by Crippen LogP contribution is -2.37. The fraction of sp³-hybridized carbons (Fsp3) is 0.552. The fourth-order valence-electron chi connectivity index (χ4n) is 5.18. The molecular weight excluding hydrogens is 442 g/mol. The first-order chi connectivity index (χ1) is 16.7. The average Bonchev–Trinajstić information content (AvgIpc) is 3.18. The molecule has 1 amide bonds. The number of methoxy groups -OCH3 is 4. The highest BCUT2D eigenvalue weighted by molar-refractivity contribution is 5.78. The number of hydrogen-bond acceptors (Lipinski definition) is 5. The van der Waals surface area contributed by atoms with Gasteiger partial charge in [0, 0.05) is 25.4 Å². The van der Waals surface area contributed by atoms with Crippen LogP contribution >= 0.6 is 0 Å². The van der Waals surface area contributed by atoms with Gasteiger partial charge in [0.25, 0.3) is 0 Å². The van der Waals surface area contributed by atoms with Crippen LogP contribution in [0.5, 0.6) is 23.0 Å². The summed E-state index contributed by atoms with van der Waals surface area (Å²) in [5.41, 5.74) is 3.46. The third kappa shape index (κ3) is 6.03. The van der Waals surface area contributed by atoms with E-state index in [1.807, 2.05) is 17.0 Å². The number of ether oxygens (including phenoxy) is 4. The molecule has 35 heavy (non-hydrogen) atoms. The van der Waals surface area contributed by atoms with Gasteiger partial charge >= 0.3 is 0 Å². The number of amides is 1. The van der Waals surface area contributed by atoms with Crippen LogP contribution < -0.4 is 18.9 Å². The minimum Gasteiger partial charge on any atom is -0.493 e. The van der Waals surface area contributed by atoms with Gasteiger partial charge in [-0.1, -0.05) is 33.8 Å². The summed E-state index contributed by atoms with van der Waals surface area (Å²) < 4.78 is 22.3. The van der Waals surface area contributed by atoms with Crippen molar-refractivity contribution in [1.29, 1.82) is 0 Å². The van der Waals surface area contributed by atoms with Gasteiger partial charge in [0.1, 0.15) is 0 Å². The molecule has 0 fully saturated rings. The summed E-state index contributed by atoms with van der Waals surface area (Å²) in [7, 11) is 6.60. The summed E-state index contributed by atoms with van der Waals surface area (Å²) in [5.74, 6) is 4.07. The molecule has 6 heteroatoms. The minimum absolute atomic E-state index is 0.0947. The number of hydrogen-bond donors (Lipinski definition) is 0. The third-order valence-corrected chi connectivity index (χ3v) is 6.68. The number of rotatable bonds is 11. The van der Waals surface area contributed by atoms with E-state index >= 15 is 0 Å². The quantitative estimate of drug-likeness (QED) is 0.400. The molecule has 0 bridgehead atoms. The number of carbonyl (C=O) groups excluding carboxylic acids is 1. The van der Waals surface area contributed by atoms with E-state index in [-0.39, 0.29) is 17.7 Å². The maximum atomic E-state index is 13.5. The molecule has 2 aromatic carbocycles. The van der Waals surface area contributed by atoms with Crippen LogP contribution in [0.4, 0.5) is 0 Å². The highest BCUT2D eigenvalue weighted by Gasteiger charge is 2.36. The van der Waals surface area contributed by atoms with E-state index in [0.29, 0.717) is 41.3 Å². The average molecular weight is 484 g/mol. The van der Waals surface area contributed by atoms with Crippen molar-refractivity contribution in [1.82, 2.24) is 4.90 Å². The Balaban J connectivity index is 2.00. The zero-order valence-corrected chi connectivity index (χ0v) is 22.5. The van der Waals surface area contributed by atoms with E-state index in [2.05, 4.69) is 45.9 Å². The number of benzene rings is 2. The molecule has 0 heterocycles. The molecule has 2 atom stereocenters. The van der Waals surface area contributed by atoms with Gasteiger partial charge in [0.15, 0.2) is 23.0 Å². The first-order valence-corrected chi connectivity index (χ1v) is 12.5. The Morgan fingerprint density at radius 1 is 0.800 bits per heavy atom. The molecule has 1 aliphatic carbocycles. The molecule has 0 saturated heterocycles. The van der Waals surface area contributed by atoms with Crippen molar-refractivity contribution in [3.8, 4) is 23.0 Å². The van der Waals surface area contributed by atoms with Crippen molar-refractivity contribution < 1.29 is 23.7 Å². The molecule has 2 aromatic rings. The van der Waals surface area contributed by atoms with Gasteiger partial charge in [-0.3, -0.25) is 4.79 Å². The van der Waals surface area contributed by atoms with Gasteiger partial charge in [-0.15, -0.1) is 0 Å². The van der Waals surface area contributed by atoms with Crippen LogP contribution in [0.1, 0.15) is 69.1 Å². The fourth-order valence-corrected chi connectivity index (χ4v) is 5.18. The molecule has 3 rings (SSSR count). The van der Waals surface area contributed by atoms with Crippen LogP contribution in [0.15, 0.2) is 30.3 Å². The molecule has 0 aliphatic heterocycles. The summed E-state index contributed by atoms with van der Waals surface area (Å²) in [6.07, 6.45) is 1.32. The van der Waals surface area contributed by atoms with E-state index in [1.54, 1.807) is 28.4 Å². The standard InChI is InChI=1S/C29H41NO5/c1-18(2)16-30(17-19(3)4)29(31)13-21-11-22(20-9-10-25(32-5)26(12-20)33-6)24-15-28(35-8)27(34-7)14-23(21)24/h9-10,12,14-15,18-19,21-22H,11,13,16-17H2,1-8H3. The van der Waals surface area contributed by atoms with E-state index in [1.165, 1.54) is 5.56 Å². The van der Waals surface area contributed by atoms with Gasteiger partial charge in [-0.25, -0.2) is 0 Å². The Bertz CT molecular complexity index is 1010. The van der Waals surface area contributed by atoms with E-state index in [0.717, 1.165) is 30.6 Å². The van der Waals surface area contributed by atoms with E-state index in [4.69, 9.17) is 18.9 Å². The topological polar surface area (TPSA) is 57.2 Å². The van der Waals surface area contributed by atoms with Crippen LogP contribution in [-0.4, -0.2) is 52.3 Å². The van der Waals surface area contributed by atoms with Crippen molar-refractivity contribution in [3.05, 3.63) is 47.0 Å². The highest BCUT2D eigenvalue weighted by atomic mass is 16.5. The van der Waals surface area contributed by atoms with Crippen LogP contribution in [-0.2, 0) is 4.79 Å². The smallest absolute Gasteiger partial charge is 0.223 e. The lowest BCUT2D eigenvalue weighted by Gasteiger charge is -2.28. The highest BCUT2D eigenvalue weighted by Crippen LogP contribution is 2.51. The molecule has 0 saturated carbocycles. The van der Waals surface area contributed by atoms with Crippen molar-refractivity contribution in [2.75, 3.05) is 41.5 Å². The maximum Gasteiger partial charge on any atom is 0.223 e. The lowest BCUT2D eigenvalue weighted by molar-refractivity contribution is -0.132. The van der Waals surface area contributed by atoms with Gasteiger partial charge in [-0.05, 0) is 65.1 Å². The maximum absolute atomic E-state index is 13.5. The van der Waals surface area contributed by atoms with Gasteiger partial charge < -0.3 is 23.8 Å². The molecule has 1 aliphatic rings. The molecule has 192 valence electrons. The zero-order chi connectivity index (χ0) is 25.7. The third-order valence-electron chi connectivity index (χ3n) is 6.68. The van der Waals surface area contributed by atoms with Crippen LogP contribution in [0.3, 0.4) is 0 Å². The summed E-state index contributed by atoms with van der Waals surface area (Å²) in [6, 6.07) is 10.2. The zero-order valence-electron chi connectivity index (χ0n) is 22.5. The summed E-state index contributed by atoms with van der Waals surface area (Å²) >= 11 is 0. The summed E-state index contributed by atoms with van der Waals surface area (Å²) in [5, 5.41) is 0. The lowest BCUT2D eigenvalue weighted by atomic mass is 9.91. The number of carbonyl (C=O) groups is 1.